The Hall–Kier alpha value is -3.88. The van der Waals surface area contributed by atoms with Gasteiger partial charge in [-0.3, -0.25) is 4.79 Å². The topological polar surface area (TPSA) is 111 Å². The zero-order valence-corrected chi connectivity index (χ0v) is 17.9. The van der Waals surface area contributed by atoms with Gasteiger partial charge >= 0.3 is 0 Å². The maximum Gasteiger partial charge on any atom is 0.248 e. The van der Waals surface area contributed by atoms with Crippen LogP contribution in [-0.4, -0.2) is 39.7 Å². The number of carbonyl (C=O) groups is 1. The van der Waals surface area contributed by atoms with E-state index in [4.69, 9.17) is 14.2 Å². The zero-order valence-electron chi connectivity index (χ0n) is 17.9. The number of aromatic nitrogens is 4. The summed E-state index contributed by atoms with van der Waals surface area (Å²) in [4.78, 5) is 12.5. The third-order valence-electron chi connectivity index (χ3n) is 4.82. The van der Waals surface area contributed by atoms with Gasteiger partial charge in [-0.2, -0.15) is 0 Å². The number of tetrazole rings is 1. The van der Waals surface area contributed by atoms with Gasteiger partial charge in [0.05, 0.1) is 12.3 Å². The van der Waals surface area contributed by atoms with Crippen LogP contribution in [-0.2, 0) is 4.79 Å². The van der Waals surface area contributed by atoms with Crippen molar-refractivity contribution >= 4 is 17.7 Å². The van der Waals surface area contributed by atoms with Crippen molar-refractivity contribution in [2.45, 2.75) is 26.4 Å². The Kier molecular flexibility index (Phi) is 6.64. The van der Waals surface area contributed by atoms with Crippen LogP contribution in [0.1, 0.15) is 37.8 Å². The van der Waals surface area contributed by atoms with E-state index < -0.39 is 6.10 Å². The summed E-state index contributed by atoms with van der Waals surface area (Å²) in [5.41, 5.74) is 1.40. The van der Waals surface area contributed by atoms with E-state index in [-0.39, 0.29) is 12.5 Å². The van der Waals surface area contributed by atoms with Gasteiger partial charge in [-0.15, -0.1) is 5.10 Å². The second-order valence-electron chi connectivity index (χ2n) is 7.76. The highest BCUT2D eigenvalue weighted by atomic mass is 16.6. The van der Waals surface area contributed by atoms with Crippen LogP contribution >= 0.6 is 0 Å². The predicted molar refractivity (Wildman–Crippen MR) is 119 cm³/mol. The molecule has 2 heterocycles. The van der Waals surface area contributed by atoms with Gasteiger partial charge in [0.15, 0.2) is 23.4 Å². The Balaban J connectivity index is 1.37. The molecule has 4 rings (SSSR count). The third kappa shape index (κ3) is 5.42. The number of nitrogens with one attached hydrogen (secondary N) is 2. The van der Waals surface area contributed by atoms with Crippen molar-refractivity contribution in [3.05, 3.63) is 59.9 Å². The van der Waals surface area contributed by atoms with E-state index in [9.17, 15) is 4.79 Å². The lowest BCUT2D eigenvalue weighted by Crippen LogP contribution is -2.24. The van der Waals surface area contributed by atoms with E-state index in [2.05, 4.69) is 39.8 Å². The van der Waals surface area contributed by atoms with Gasteiger partial charge in [-0.05, 0) is 58.7 Å². The van der Waals surface area contributed by atoms with Crippen molar-refractivity contribution in [3.63, 3.8) is 0 Å². The van der Waals surface area contributed by atoms with Gasteiger partial charge in [0.1, 0.15) is 12.4 Å². The van der Waals surface area contributed by atoms with Gasteiger partial charge in [-0.25, -0.2) is 5.10 Å². The number of benzene rings is 2. The predicted octanol–water partition coefficient (Wildman–Crippen LogP) is 3.79. The fourth-order valence-corrected chi connectivity index (χ4v) is 3.06. The molecule has 1 unspecified atom stereocenters. The minimum Gasteiger partial charge on any atom is -0.494 e. The van der Waals surface area contributed by atoms with E-state index in [1.54, 1.807) is 24.3 Å². The standard InChI is InChI=1S/C23H25N5O4/c1-15(2)12-13-30-17-9-6-16(7-10-17)8-11-21(29)24-18-4-3-5-19-22(18)32-20(14-31-19)23-25-27-28-26-23/h3-11,15,20H,12-14H2,1-2H3,(H,24,29)(H,25,26,27,28). The molecule has 0 bridgehead atoms. The molecule has 0 fully saturated rings. The molecule has 0 saturated carbocycles. The fourth-order valence-electron chi connectivity index (χ4n) is 3.06. The van der Waals surface area contributed by atoms with Crippen molar-refractivity contribution in [1.82, 2.24) is 20.6 Å². The van der Waals surface area contributed by atoms with Crippen LogP contribution in [0.3, 0.4) is 0 Å². The fraction of sp³-hybridized carbons (Fsp3) is 0.304. The molecule has 2 aromatic carbocycles. The molecule has 9 heteroatoms. The molecule has 1 atom stereocenters. The highest BCUT2D eigenvalue weighted by molar-refractivity contribution is 6.03. The second kappa shape index (κ2) is 9.95. The largest absolute Gasteiger partial charge is 0.494 e. The number of rotatable bonds is 8. The van der Waals surface area contributed by atoms with E-state index in [0.29, 0.717) is 35.5 Å². The minimum absolute atomic E-state index is 0.262. The van der Waals surface area contributed by atoms with Crippen LogP contribution in [0.15, 0.2) is 48.5 Å². The molecule has 2 N–H and O–H groups in total. The van der Waals surface area contributed by atoms with Crippen LogP contribution in [0.4, 0.5) is 5.69 Å². The molecule has 0 spiro atoms. The van der Waals surface area contributed by atoms with E-state index in [0.717, 1.165) is 17.7 Å². The molecule has 1 aliphatic heterocycles. The Morgan fingerprint density at radius 2 is 2.12 bits per heavy atom. The zero-order chi connectivity index (χ0) is 22.3. The van der Waals surface area contributed by atoms with Gasteiger partial charge in [0.25, 0.3) is 0 Å². The number of nitrogens with zero attached hydrogens (tertiary/aromatic N) is 3. The number of carbonyl (C=O) groups excluding carboxylic acids is 1. The number of H-pyrrole nitrogens is 1. The molecule has 3 aromatic rings. The lowest BCUT2D eigenvalue weighted by Gasteiger charge is -2.26. The van der Waals surface area contributed by atoms with Crippen LogP contribution in [0.2, 0.25) is 0 Å². The minimum atomic E-state index is -0.493. The van der Waals surface area contributed by atoms with Gasteiger partial charge in [-0.1, -0.05) is 32.0 Å². The molecule has 0 saturated heterocycles. The number of hydrogen-bond acceptors (Lipinski definition) is 7. The van der Waals surface area contributed by atoms with Crippen LogP contribution in [0, 0.1) is 5.92 Å². The molecular formula is C23H25N5O4. The van der Waals surface area contributed by atoms with Crippen molar-refractivity contribution < 1.29 is 19.0 Å². The number of fused-ring (bicyclic) bond motifs is 1. The van der Waals surface area contributed by atoms with Crippen molar-refractivity contribution in [2.24, 2.45) is 5.92 Å². The van der Waals surface area contributed by atoms with E-state index >= 15 is 0 Å². The molecule has 0 aliphatic carbocycles. The second-order valence-corrected chi connectivity index (χ2v) is 7.76. The number of para-hydroxylation sites is 1. The number of hydrogen-bond donors (Lipinski definition) is 2. The monoisotopic (exact) mass is 435 g/mol. The molecule has 1 aromatic heterocycles. The van der Waals surface area contributed by atoms with Gasteiger partial charge in [0.2, 0.25) is 5.91 Å². The van der Waals surface area contributed by atoms with Crippen LogP contribution in [0.5, 0.6) is 17.2 Å². The first-order valence-electron chi connectivity index (χ1n) is 10.5. The lowest BCUT2D eigenvalue weighted by atomic mass is 10.1. The molecule has 32 heavy (non-hydrogen) atoms. The summed E-state index contributed by atoms with van der Waals surface area (Å²) in [5, 5.41) is 16.5. The SMILES string of the molecule is CC(C)CCOc1ccc(C=CC(=O)Nc2cccc3c2OC(c2nnn[nH]2)CO3)cc1. The maximum atomic E-state index is 12.5. The summed E-state index contributed by atoms with van der Waals surface area (Å²) in [5.74, 6) is 2.56. The summed E-state index contributed by atoms with van der Waals surface area (Å²) >= 11 is 0. The first-order valence-corrected chi connectivity index (χ1v) is 10.5. The normalized spacial score (nSPS) is 15.2. The van der Waals surface area contributed by atoms with Crippen LogP contribution in [0.25, 0.3) is 6.08 Å². The van der Waals surface area contributed by atoms with E-state index in [1.807, 2.05) is 24.3 Å². The molecule has 1 amide bonds. The van der Waals surface area contributed by atoms with Crippen molar-refractivity contribution in [2.75, 3.05) is 18.5 Å². The lowest BCUT2D eigenvalue weighted by molar-refractivity contribution is -0.111. The molecule has 9 nitrogen and oxygen atoms in total. The molecule has 0 radical (unpaired) electrons. The molecule has 166 valence electrons. The highest BCUT2D eigenvalue weighted by Gasteiger charge is 2.27. The average Bonchev–Trinajstić information content (AvgIpc) is 3.33. The Labute approximate surface area is 185 Å². The van der Waals surface area contributed by atoms with Gasteiger partial charge < -0.3 is 19.5 Å². The maximum absolute atomic E-state index is 12.5. The third-order valence-corrected chi connectivity index (χ3v) is 4.82. The first kappa shape index (κ1) is 21.4. The highest BCUT2D eigenvalue weighted by Crippen LogP contribution is 2.41. The number of anilines is 1. The van der Waals surface area contributed by atoms with Crippen molar-refractivity contribution in [1.29, 1.82) is 0 Å². The number of amides is 1. The Morgan fingerprint density at radius 1 is 1.28 bits per heavy atom. The summed E-state index contributed by atoms with van der Waals surface area (Å²) in [6.07, 6.45) is 3.72. The summed E-state index contributed by atoms with van der Waals surface area (Å²) in [7, 11) is 0. The molecule has 1 aliphatic rings. The van der Waals surface area contributed by atoms with Crippen LogP contribution < -0.4 is 19.5 Å². The van der Waals surface area contributed by atoms with Gasteiger partial charge in [0, 0.05) is 6.08 Å². The average molecular weight is 435 g/mol. The van der Waals surface area contributed by atoms with Crippen molar-refractivity contribution in [3.8, 4) is 17.2 Å². The Morgan fingerprint density at radius 3 is 2.88 bits per heavy atom. The summed E-state index contributed by atoms with van der Waals surface area (Å²) in [6, 6.07) is 12.9. The quantitative estimate of drug-likeness (QED) is 0.518. The molecular weight excluding hydrogens is 410 g/mol. The summed E-state index contributed by atoms with van der Waals surface area (Å²) < 4.78 is 17.4. The smallest absolute Gasteiger partial charge is 0.248 e. The first-order chi connectivity index (χ1) is 15.6. The number of aromatic amines is 1. The number of ether oxygens (including phenoxy) is 3. The Bertz CT molecular complexity index is 1060. The summed E-state index contributed by atoms with van der Waals surface area (Å²) in [6.45, 7) is 5.28. The van der Waals surface area contributed by atoms with E-state index in [1.165, 1.54) is 6.08 Å².